The number of thiazole rings is 1. The van der Waals surface area contributed by atoms with Crippen LogP contribution < -0.4 is 11.1 Å². The summed E-state index contributed by atoms with van der Waals surface area (Å²) < 4.78 is 0. The Labute approximate surface area is 105 Å². The summed E-state index contributed by atoms with van der Waals surface area (Å²) >= 11 is 1.80. The molecule has 0 aromatic carbocycles. The van der Waals surface area contributed by atoms with Gasteiger partial charge in [0.2, 0.25) is 0 Å². The van der Waals surface area contributed by atoms with Gasteiger partial charge in [0.15, 0.2) is 5.13 Å². The predicted molar refractivity (Wildman–Crippen MR) is 71.2 cm³/mol. The third-order valence-electron chi connectivity index (χ3n) is 2.42. The van der Waals surface area contributed by atoms with E-state index in [4.69, 9.17) is 5.73 Å². The summed E-state index contributed by atoms with van der Waals surface area (Å²) in [5, 5.41) is 4.33. The van der Waals surface area contributed by atoms with E-state index in [1.807, 2.05) is 6.92 Å². The van der Waals surface area contributed by atoms with Crippen LogP contribution >= 0.6 is 28.3 Å². The van der Waals surface area contributed by atoms with E-state index in [9.17, 15) is 0 Å². The Kier molecular flexibility index (Phi) is 5.02. The zero-order valence-corrected chi connectivity index (χ0v) is 11.5. The molecule has 0 saturated heterocycles. The van der Waals surface area contributed by atoms with Gasteiger partial charge in [-0.2, -0.15) is 0 Å². The van der Waals surface area contributed by atoms with E-state index in [0.717, 1.165) is 18.1 Å². The quantitative estimate of drug-likeness (QED) is 0.899. The molecular formula is C10H18BrN3S. The highest BCUT2D eigenvalue weighted by atomic mass is 79.9. The van der Waals surface area contributed by atoms with Crippen molar-refractivity contribution >= 4 is 33.4 Å². The van der Waals surface area contributed by atoms with E-state index in [1.165, 1.54) is 29.8 Å². The standard InChI is InChI=1S/C10H17N3S.BrH/c1-7(11)6-12-10-13-8-4-2-3-5-9(8)14-10;/h7H,2-6,11H2,1H3,(H,12,13);1H. The molecule has 0 aliphatic heterocycles. The van der Waals surface area contributed by atoms with Gasteiger partial charge in [-0.1, -0.05) is 0 Å². The lowest BCUT2D eigenvalue weighted by Gasteiger charge is -2.06. The fourth-order valence-electron chi connectivity index (χ4n) is 1.68. The smallest absolute Gasteiger partial charge is 0.183 e. The Morgan fingerprint density at radius 1 is 1.47 bits per heavy atom. The van der Waals surface area contributed by atoms with Crippen molar-refractivity contribution in [2.45, 2.75) is 38.6 Å². The van der Waals surface area contributed by atoms with Gasteiger partial charge in [-0.05, 0) is 32.6 Å². The number of aromatic nitrogens is 1. The Bertz CT molecular complexity index is 288. The summed E-state index contributed by atoms with van der Waals surface area (Å²) in [4.78, 5) is 6.05. The van der Waals surface area contributed by atoms with E-state index in [-0.39, 0.29) is 23.0 Å². The molecule has 1 aromatic rings. The van der Waals surface area contributed by atoms with Gasteiger partial charge in [-0.15, -0.1) is 28.3 Å². The number of fused-ring (bicyclic) bond motifs is 1. The van der Waals surface area contributed by atoms with Gasteiger partial charge >= 0.3 is 0 Å². The SMILES string of the molecule is Br.CC(N)CNc1nc2c(s1)CCCC2. The molecule has 1 heterocycles. The summed E-state index contributed by atoms with van der Waals surface area (Å²) in [5.74, 6) is 0. The largest absolute Gasteiger partial charge is 0.360 e. The van der Waals surface area contributed by atoms with Crippen LogP contribution in [-0.4, -0.2) is 17.6 Å². The maximum Gasteiger partial charge on any atom is 0.183 e. The lowest BCUT2D eigenvalue weighted by molar-refractivity contribution is 0.682. The lowest BCUT2D eigenvalue weighted by Crippen LogP contribution is -2.25. The second kappa shape index (κ2) is 5.82. The highest BCUT2D eigenvalue weighted by Gasteiger charge is 2.14. The number of anilines is 1. The molecule has 0 fully saturated rings. The Hall–Kier alpha value is -0.130. The molecule has 86 valence electrons. The molecule has 2 rings (SSSR count). The average Bonchev–Trinajstić information content (AvgIpc) is 2.57. The fraction of sp³-hybridized carbons (Fsp3) is 0.700. The molecule has 3 nitrogen and oxygen atoms in total. The van der Waals surface area contributed by atoms with E-state index in [0.29, 0.717) is 0 Å². The molecule has 0 radical (unpaired) electrons. The van der Waals surface area contributed by atoms with Crippen molar-refractivity contribution in [3.05, 3.63) is 10.6 Å². The van der Waals surface area contributed by atoms with E-state index in [1.54, 1.807) is 11.3 Å². The number of hydrogen-bond acceptors (Lipinski definition) is 4. The van der Waals surface area contributed by atoms with Gasteiger partial charge < -0.3 is 11.1 Å². The van der Waals surface area contributed by atoms with Crippen molar-refractivity contribution in [1.82, 2.24) is 4.98 Å². The molecule has 0 amide bonds. The van der Waals surface area contributed by atoms with Crippen molar-refractivity contribution in [2.75, 3.05) is 11.9 Å². The predicted octanol–water partition coefficient (Wildman–Crippen LogP) is 2.36. The van der Waals surface area contributed by atoms with Crippen molar-refractivity contribution in [3.63, 3.8) is 0 Å². The van der Waals surface area contributed by atoms with E-state index in [2.05, 4.69) is 10.3 Å². The molecular weight excluding hydrogens is 274 g/mol. The molecule has 0 spiro atoms. The molecule has 3 N–H and O–H groups in total. The number of hydrogen-bond donors (Lipinski definition) is 2. The summed E-state index contributed by atoms with van der Waals surface area (Å²) in [5.41, 5.74) is 6.99. The molecule has 15 heavy (non-hydrogen) atoms. The summed E-state index contributed by atoms with van der Waals surface area (Å²) in [6, 6.07) is 0.191. The van der Waals surface area contributed by atoms with Crippen LogP contribution in [0, 0.1) is 0 Å². The van der Waals surface area contributed by atoms with Crippen LogP contribution in [0.25, 0.3) is 0 Å². The molecule has 1 aliphatic rings. The van der Waals surface area contributed by atoms with Gasteiger partial charge in [0.1, 0.15) is 0 Å². The van der Waals surface area contributed by atoms with Crippen molar-refractivity contribution in [2.24, 2.45) is 5.73 Å². The summed E-state index contributed by atoms with van der Waals surface area (Å²) in [6.45, 7) is 2.81. The Morgan fingerprint density at radius 2 is 2.20 bits per heavy atom. The average molecular weight is 292 g/mol. The third kappa shape index (κ3) is 3.43. The third-order valence-corrected chi connectivity index (χ3v) is 3.54. The van der Waals surface area contributed by atoms with Gasteiger partial charge in [0, 0.05) is 17.5 Å². The number of aryl methyl sites for hydroxylation is 2. The molecule has 0 bridgehead atoms. The van der Waals surface area contributed by atoms with Crippen molar-refractivity contribution < 1.29 is 0 Å². The molecule has 1 aliphatic carbocycles. The first-order valence-electron chi connectivity index (χ1n) is 5.24. The molecule has 1 atom stereocenters. The molecule has 0 saturated carbocycles. The lowest BCUT2D eigenvalue weighted by atomic mass is 10.0. The van der Waals surface area contributed by atoms with Crippen LogP contribution in [0.2, 0.25) is 0 Å². The maximum absolute atomic E-state index is 5.68. The highest BCUT2D eigenvalue weighted by molar-refractivity contribution is 8.93. The number of nitrogens with one attached hydrogen (secondary N) is 1. The number of rotatable bonds is 3. The van der Waals surface area contributed by atoms with Crippen LogP contribution in [0.3, 0.4) is 0 Å². The van der Waals surface area contributed by atoms with Crippen LogP contribution in [0.5, 0.6) is 0 Å². The van der Waals surface area contributed by atoms with Crippen LogP contribution in [-0.2, 0) is 12.8 Å². The second-order valence-corrected chi connectivity index (χ2v) is 5.04. The normalized spacial score (nSPS) is 16.4. The molecule has 1 unspecified atom stereocenters. The second-order valence-electron chi connectivity index (χ2n) is 3.95. The first kappa shape index (κ1) is 12.9. The minimum absolute atomic E-state index is 0. The van der Waals surface area contributed by atoms with Crippen molar-refractivity contribution in [1.29, 1.82) is 0 Å². The highest BCUT2D eigenvalue weighted by Crippen LogP contribution is 2.29. The number of nitrogens with zero attached hydrogens (tertiary/aromatic N) is 1. The fourth-order valence-corrected chi connectivity index (χ4v) is 2.73. The van der Waals surface area contributed by atoms with Crippen LogP contribution in [0.1, 0.15) is 30.3 Å². The van der Waals surface area contributed by atoms with Crippen LogP contribution in [0.15, 0.2) is 0 Å². The van der Waals surface area contributed by atoms with Gasteiger partial charge in [-0.25, -0.2) is 4.98 Å². The van der Waals surface area contributed by atoms with Gasteiger partial charge in [0.05, 0.1) is 5.69 Å². The summed E-state index contributed by atoms with van der Waals surface area (Å²) in [6.07, 6.45) is 4.99. The van der Waals surface area contributed by atoms with Gasteiger partial charge in [0.25, 0.3) is 0 Å². The Morgan fingerprint density at radius 3 is 2.87 bits per heavy atom. The minimum atomic E-state index is 0. The van der Waals surface area contributed by atoms with E-state index < -0.39 is 0 Å². The maximum atomic E-state index is 5.68. The van der Waals surface area contributed by atoms with Crippen LogP contribution in [0.4, 0.5) is 5.13 Å². The first-order chi connectivity index (χ1) is 6.75. The topological polar surface area (TPSA) is 50.9 Å². The zero-order chi connectivity index (χ0) is 9.97. The monoisotopic (exact) mass is 291 g/mol. The van der Waals surface area contributed by atoms with Crippen molar-refractivity contribution in [3.8, 4) is 0 Å². The zero-order valence-electron chi connectivity index (χ0n) is 8.95. The van der Waals surface area contributed by atoms with Gasteiger partial charge in [-0.3, -0.25) is 0 Å². The number of nitrogens with two attached hydrogens (primary N) is 1. The Balaban J connectivity index is 0.00000112. The molecule has 1 aromatic heterocycles. The number of halogens is 1. The summed E-state index contributed by atoms with van der Waals surface area (Å²) in [7, 11) is 0. The first-order valence-corrected chi connectivity index (χ1v) is 6.05. The molecule has 5 heteroatoms. The minimum Gasteiger partial charge on any atom is -0.360 e. The van der Waals surface area contributed by atoms with E-state index >= 15 is 0 Å².